The quantitative estimate of drug-likeness (QED) is 0.643. The van der Waals surface area contributed by atoms with E-state index in [0.717, 1.165) is 10.2 Å². The van der Waals surface area contributed by atoms with Crippen molar-refractivity contribution in [1.82, 2.24) is 0 Å². The standard InChI is InChI=1S/C16H14BrCl2NO2/c17-11-3-8-15(14(19)10-11)20-16(21)2-1-9-22-13-6-4-12(18)5-7-13/h3-8,10H,1-2,9H2,(H,20,21). The highest BCUT2D eigenvalue weighted by Crippen LogP contribution is 2.25. The lowest BCUT2D eigenvalue weighted by Gasteiger charge is -2.08. The van der Waals surface area contributed by atoms with Crippen LogP contribution in [0.2, 0.25) is 10.0 Å². The van der Waals surface area contributed by atoms with Crippen LogP contribution in [0.5, 0.6) is 5.75 Å². The van der Waals surface area contributed by atoms with Crippen molar-refractivity contribution < 1.29 is 9.53 Å². The van der Waals surface area contributed by atoms with Crippen LogP contribution < -0.4 is 10.1 Å². The smallest absolute Gasteiger partial charge is 0.224 e. The van der Waals surface area contributed by atoms with Gasteiger partial charge in [-0.15, -0.1) is 0 Å². The SMILES string of the molecule is O=C(CCCOc1ccc(Cl)cc1)Nc1ccc(Br)cc1Cl. The Hall–Kier alpha value is -1.23. The number of rotatable bonds is 6. The molecule has 0 unspecified atom stereocenters. The second kappa shape index (κ2) is 8.42. The van der Waals surface area contributed by atoms with Crippen molar-refractivity contribution in [3.63, 3.8) is 0 Å². The van der Waals surface area contributed by atoms with Gasteiger partial charge in [0.05, 0.1) is 17.3 Å². The van der Waals surface area contributed by atoms with E-state index in [9.17, 15) is 4.79 Å². The molecule has 1 amide bonds. The van der Waals surface area contributed by atoms with E-state index in [0.29, 0.717) is 35.2 Å². The molecule has 6 heteroatoms. The van der Waals surface area contributed by atoms with E-state index in [1.54, 1.807) is 36.4 Å². The van der Waals surface area contributed by atoms with Crippen LogP contribution in [0.15, 0.2) is 46.9 Å². The van der Waals surface area contributed by atoms with Crippen molar-refractivity contribution in [2.75, 3.05) is 11.9 Å². The molecule has 0 aliphatic carbocycles. The van der Waals surface area contributed by atoms with Crippen molar-refractivity contribution >= 4 is 50.7 Å². The largest absolute Gasteiger partial charge is 0.494 e. The number of carbonyl (C=O) groups is 1. The number of hydrogen-bond donors (Lipinski definition) is 1. The molecule has 3 nitrogen and oxygen atoms in total. The summed E-state index contributed by atoms with van der Waals surface area (Å²) >= 11 is 15.2. The molecule has 0 heterocycles. The minimum absolute atomic E-state index is 0.0936. The number of amides is 1. The molecule has 2 aromatic rings. The van der Waals surface area contributed by atoms with Crippen molar-refractivity contribution in [1.29, 1.82) is 0 Å². The second-order valence-electron chi connectivity index (χ2n) is 4.58. The van der Waals surface area contributed by atoms with Crippen LogP contribution >= 0.6 is 39.1 Å². The molecular formula is C16H14BrCl2NO2. The summed E-state index contributed by atoms with van der Waals surface area (Å²) in [5.74, 6) is 0.643. The van der Waals surface area contributed by atoms with Crippen LogP contribution in [0, 0.1) is 0 Å². The lowest BCUT2D eigenvalue weighted by Crippen LogP contribution is -2.13. The fourth-order valence-corrected chi connectivity index (χ4v) is 2.60. The molecule has 0 fully saturated rings. The molecule has 0 spiro atoms. The van der Waals surface area contributed by atoms with Crippen LogP contribution in [0.25, 0.3) is 0 Å². The maximum absolute atomic E-state index is 11.9. The molecule has 0 saturated carbocycles. The van der Waals surface area contributed by atoms with Crippen molar-refractivity contribution in [2.24, 2.45) is 0 Å². The summed E-state index contributed by atoms with van der Waals surface area (Å²) in [7, 11) is 0. The molecule has 0 aromatic heterocycles. The maximum atomic E-state index is 11.9. The zero-order chi connectivity index (χ0) is 15.9. The Balaban J connectivity index is 1.72. The van der Waals surface area contributed by atoms with E-state index >= 15 is 0 Å². The molecule has 0 aliphatic rings. The van der Waals surface area contributed by atoms with Gasteiger partial charge in [0.15, 0.2) is 0 Å². The van der Waals surface area contributed by atoms with Gasteiger partial charge in [0, 0.05) is 15.9 Å². The zero-order valence-corrected chi connectivity index (χ0v) is 14.7. The van der Waals surface area contributed by atoms with Gasteiger partial charge in [-0.2, -0.15) is 0 Å². The number of hydrogen-bond acceptors (Lipinski definition) is 2. The highest BCUT2D eigenvalue weighted by atomic mass is 79.9. The summed E-state index contributed by atoms with van der Waals surface area (Å²) in [6.45, 7) is 0.461. The Morgan fingerprint density at radius 1 is 1.14 bits per heavy atom. The fourth-order valence-electron chi connectivity index (χ4n) is 1.76. The van der Waals surface area contributed by atoms with Gasteiger partial charge < -0.3 is 10.1 Å². The maximum Gasteiger partial charge on any atom is 0.224 e. The minimum Gasteiger partial charge on any atom is -0.494 e. The Labute approximate surface area is 147 Å². The normalized spacial score (nSPS) is 10.3. The van der Waals surface area contributed by atoms with Crippen LogP contribution in [0.1, 0.15) is 12.8 Å². The molecule has 2 aromatic carbocycles. The summed E-state index contributed by atoms with van der Waals surface area (Å²) in [6.07, 6.45) is 0.975. The molecule has 22 heavy (non-hydrogen) atoms. The molecule has 0 aliphatic heterocycles. The number of carbonyl (C=O) groups excluding carboxylic acids is 1. The third kappa shape index (κ3) is 5.52. The third-order valence-corrected chi connectivity index (χ3v) is 3.89. The first kappa shape index (κ1) is 17.1. The summed E-state index contributed by atoms with van der Waals surface area (Å²) in [5.41, 5.74) is 0.605. The average Bonchev–Trinajstić information content (AvgIpc) is 2.48. The number of anilines is 1. The lowest BCUT2D eigenvalue weighted by atomic mass is 10.2. The van der Waals surface area contributed by atoms with Gasteiger partial charge in [-0.1, -0.05) is 39.1 Å². The summed E-state index contributed by atoms with van der Waals surface area (Å²) in [5, 5.41) is 3.94. The Kier molecular flexibility index (Phi) is 6.55. The second-order valence-corrected chi connectivity index (χ2v) is 6.34. The number of nitrogens with one attached hydrogen (secondary N) is 1. The lowest BCUT2D eigenvalue weighted by molar-refractivity contribution is -0.116. The summed E-state index contributed by atoms with van der Waals surface area (Å²) < 4.78 is 6.40. The van der Waals surface area contributed by atoms with Crippen LogP contribution in [-0.4, -0.2) is 12.5 Å². The van der Waals surface area contributed by atoms with E-state index in [-0.39, 0.29) is 5.91 Å². The molecule has 116 valence electrons. The van der Waals surface area contributed by atoms with E-state index in [1.165, 1.54) is 0 Å². The van der Waals surface area contributed by atoms with Crippen LogP contribution in [0.4, 0.5) is 5.69 Å². The van der Waals surface area contributed by atoms with E-state index < -0.39 is 0 Å². The highest BCUT2D eigenvalue weighted by Gasteiger charge is 2.06. The van der Waals surface area contributed by atoms with Gasteiger partial charge in [-0.3, -0.25) is 4.79 Å². The monoisotopic (exact) mass is 401 g/mol. The van der Waals surface area contributed by atoms with Crippen LogP contribution in [0.3, 0.4) is 0 Å². The van der Waals surface area contributed by atoms with E-state index in [1.807, 2.05) is 6.07 Å². The molecule has 0 bridgehead atoms. The summed E-state index contributed by atoms with van der Waals surface area (Å²) in [6, 6.07) is 12.4. The first-order chi connectivity index (χ1) is 10.5. The number of benzene rings is 2. The fraction of sp³-hybridized carbons (Fsp3) is 0.188. The zero-order valence-electron chi connectivity index (χ0n) is 11.6. The Morgan fingerprint density at radius 3 is 2.55 bits per heavy atom. The first-order valence-electron chi connectivity index (χ1n) is 6.68. The average molecular weight is 403 g/mol. The minimum atomic E-state index is -0.0936. The molecular weight excluding hydrogens is 389 g/mol. The predicted octanol–water partition coefficient (Wildman–Crippen LogP) is 5.55. The van der Waals surface area contributed by atoms with Crippen LogP contribution in [-0.2, 0) is 4.79 Å². The van der Waals surface area contributed by atoms with E-state index in [2.05, 4.69) is 21.2 Å². The van der Waals surface area contributed by atoms with Gasteiger partial charge in [0.25, 0.3) is 0 Å². The number of ether oxygens (including phenoxy) is 1. The first-order valence-corrected chi connectivity index (χ1v) is 8.23. The topological polar surface area (TPSA) is 38.3 Å². The molecule has 1 N–H and O–H groups in total. The van der Waals surface area contributed by atoms with Crippen molar-refractivity contribution in [2.45, 2.75) is 12.8 Å². The molecule has 2 rings (SSSR count). The van der Waals surface area contributed by atoms with Crippen molar-refractivity contribution in [3.05, 3.63) is 57.0 Å². The Bertz CT molecular complexity index is 647. The van der Waals surface area contributed by atoms with Gasteiger partial charge in [-0.05, 0) is 48.9 Å². The highest BCUT2D eigenvalue weighted by molar-refractivity contribution is 9.10. The molecule has 0 saturated heterocycles. The van der Waals surface area contributed by atoms with E-state index in [4.69, 9.17) is 27.9 Å². The predicted molar refractivity (Wildman–Crippen MR) is 94.0 cm³/mol. The third-order valence-electron chi connectivity index (χ3n) is 2.84. The molecule has 0 atom stereocenters. The number of halogens is 3. The van der Waals surface area contributed by atoms with Gasteiger partial charge >= 0.3 is 0 Å². The van der Waals surface area contributed by atoms with Gasteiger partial charge in [0.2, 0.25) is 5.91 Å². The molecule has 0 radical (unpaired) electrons. The Morgan fingerprint density at radius 2 is 1.86 bits per heavy atom. The van der Waals surface area contributed by atoms with Gasteiger partial charge in [-0.25, -0.2) is 0 Å². The van der Waals surface area contributed by atoms with Crippen molar-refractivity contribution in [3.8, 4) is 5.75 Å². The van der Waals surface area contributed by atoms with Gasteiger partial charge in [0.1, 0.15) is 5.75 Å². The summed E-state index contributed by atoms with van der Waals surface area (Å²) in [4.78, 5) is 11.9.